The van der Waals surface area contributed by atoms with Crippen molar-refractivity contribution in [3.63, 3.8) is 0 Å². The minimum absolute atomic E-state index is 0. The first-order valence-corrected chi connectivity index (χ1v) is 7.30. The van der Waals surface area contributed by atoms with E-state index in [4.69, 9.17) is 0 Å². The van der Waals surface area contributed by atoms with E-state index < -0.39 is 0 Å². The fourth-order valence-electron chi connectivity index (χ4n) is 0.507. The van der Waals surface area contributed by atoms with E-state index in [0.29, 0.717) is 15.3 Å². The summed E-state index contributed by atoms with van der Waals surface area (Å²) in [6, 6.07) is 10.0. The molecule has 0 fully saturated rings. The fourth-order valence-corrected chi connectivity index (χ4v) is 5.35. The van der Waals surface area contributed by atoms with Gasteiger partial charge in [-0.3, -0.25) is 0 Å². The Morgan fingerprint density at radius 3 is 1.92 bits per heavy atom. The van der Waals surface area contributed by atoms with E-state index in [9.17, 15) is 0 Å². The number of rotatable bonds is 0. The van der Waals surface area contributed by atoms with E-state index in [1.165, 1.54) is 0 Å². The van der Waals surface area contributed by atoms with Crippen molar-refractivity contribution in [3.05, 3.63) is 40.1 Å². The van der Waals surface area contributed by atoms with Gasteiger partial charge in [0.2, 0.25) is 0 Å². The summed E-state index contributed by atoms with van der Waals surface area (Å²) < 4.78 is 3.33. The summed E-state index contributed by atoms with van der Waals surface area (Å²) in [5.74, 6) is 0. The molecule has 68 valence electrons. The van der Waals surface area contributed by atoms with Gasteiger partial charge in [-0.2, -0.15) is 18.2 Å². The van der Waals surface area contributed by atoms with E-state index in [2.05, 4.69) is 13.3 Å². The van der Waals surface area contributed by atoms with Crippen molar-refractivity contribution in [2.45, 2.75) is 0 Å². The normalized spacial score (nSPS) is 12.9. The fraction of sp³-hybridized carbons (Fsp3) is 0. The summed E-state index contributed by atoms with van der Waals surface area (Å²) >= 11 is 0.729. The van der Waals surface area contributed by atoms with Gasteiger partial charge in [0.25, 0.3) is 0 Å². The topological polar surface area (TPSA) is 0 Å². The van der Waals surface area contributed by atoms with Crippen molar-refractivity contribution < 1.29 is 51.0 Å². The minimum atomic E-state index is 0. The third kappa shape index (κ3) is 13.5. The van der Waals surface area contributed by atoms with Gasteiger partial charge < -0.3 is 24.8 Å². The molecule has 1 aliphatic heterocycles. The molecule has 0 amide bonds. The summed E-state index contributed by atoms with van der Waals surface area (Å²) in [7, 11) is 0. The average Bonchev–Trinajstić information content (AvgIpc) is 2.67. The Bertz CT molecular complexity index is 183. The molecule has 0 radical (unpaired) electrons. The Balaban J connectivity index is -0.000000125. The Labute approximate surface area is 124 Å². The first-order chi connectivity index (χ1) is 5.00. The molecular weight excluding hydrogens is 408 g/mol. The Hall–Kier alpha value is 1.54. The molecule has 1 aromatic rings. The van der Waals surface area contributed by atoms with Crippen LogP contribution in [0.3, 0.4) is 0 Å². The van der Waals surface area contributed by atoms with Crippen molar-refractivity contribution in [2.24, 2.45) is 0 Å². The smallest absolute Gasteiger partial charge is 1.00 e. The van der Waals surface area contributed by atoms with Crippen LogP contribution in [0.5, 0.6) is 0 Å². The van der Waals surface area contributed by atoms with Gasteiger partial charge in [0.15, 0.2) is 0 Å². The van der Waals surface area contributed by atoms with Crippen LogP contribution in [0, 0.1) is 0 Å². The minimum Gasteiger partial charge on any atom is -1.00 e. The molecule has 13 heavy (non-hydrogen) atoms. The summed E-state index contributed by atoms with van der Waals surface area (Å²) in [5, 5.41) is 0. The van der Waals surface area contributed by atoms with Crippen molar-refractivity contribution in [2.75, 3.05) is 0 Å². The molecule has 0 bridgehead atoms. The molecule has 1 atom stereocenters. The Morgan fingerprint density at radius 1 is 1.15 bits per heavy atom. The monoisotopic (exact) mass is 414 g/mol. The molecule has 2 rings (SSSR count). The maximum Gasteiger partial charge on any atom is 4.00 e. The zero-order chi connectivity index (χ0) is 7.07. The zero-order valence-electron chi connectivity index (χ0n) is 6.74. The Morgan fingerprint density at radius 2 is 1.77 bits per heavy atom. The number of halogens is 2. The zero-order valence-corrected chi connectivity index (χ0v) is 14.7. The molecule has 1 unspecified atom stereocenters. The van der Waals surface area contributed by atoms with E-state index in [1.807, 2.05) is 30.3 Å². The third-order valence-corrected chi connectivity index (χ3v) is 6.87. The molecule has 1 heterocycles. The van der Waals surface area contributed by atoms with E-state index >= 15 is 0 Å². The van der Waals surface area contributed by atoms with Gasteiger partial charge in [-0.1, -0.05) is 0 Å². The Kier molecular flexibility index (Phi) is 24.6. The molecule has 0 saturated carbocycles. The van der Waals surface area contributed by atoms with Crippen LogP contribution in [0.4, 0.5) is 0 Å². The molecule has 0 saturated heterocycles. The number of hydrogen-bond donors (Lipinski definition) is 0. The standard InChI is InChI=1S/C5H5.C3H3As2.2ClH.Zr/c1-2-4-5-3-1;1-2-5-3-4-1;;;/h1-5H;1-2,4H;2*1H;/q2*-1;;;+4/p-2. The van der Waals surface area contributed by atoms with Crippen LogP contribution in [0.25, 0.3) is 0 Å². The predicted molar refractivity (Wildman–Crippen MR) is 49.1 cm³/mol. The number of hydrogen-bond acceptors (Lipinski definition) is 0. The van der Waals surface area contributed by atoms with Crippen LogP contribution in [-0.4, -0.2) is 34.7 Å². The van der Waals surface area contributed by atoms with Crippen molar-refractivity contribution >= 4 is 34.7 Å². The molecule has 0 aromatic heterocycles. The SMILES string of the molecule is [C-]1=[As]C=C[AsH]1.[Cl-].[Cl-].[Zr+4].c1cc[cH-]c1. The second-order valence-electron chi connectivity index (χ2n) is 1.66. The van der Waals surface area contributed by atoms with Gasteiger partial charge in [0.05, 0.1) is 0 Å². The van der Waals surface area contributed by atoms with Gasteiger partial charge in [-0.25, -0.2) is 12.1 Å². The van der Waals surface area contributed by atoms with Gasteiger partial charge in [0, 0.05) is 0 Å². The van der Waals surface area contributed by atoms with E-state index in [1.54, 1.807) is 0 Å². The molecule has 0 spiro atoms. The maximum absolute atomic E-state index is 3.33. The van der Waals surface area contributed by atoms with Crippen molar-refractivity contribution in [1.82, 2.24) is 0 Å². The van der Waals surface area contributed by atoms with Gasteiger partial charge >= 0.3 is 70.6 Å². The largest absolute Gasteiger partial charge is 4.00 e. The predicted octanol–water partition coefficient (Wildman–Crippen LogP) is -5.34. The molecule has 0 nitrogen and oxygen atoms in total. The molecule has 1 aromatic carbocycles. The average molecular weight is 416 g/mol. The van der Waals surface area contributed by atoms with Crippen LogP contribution in [-0.2, 0) is 26.2 Å². The van der Waals surface area contributed by atoms with Crippen LogP contribution in [0.15, 0.2) is 40.1 Å². The van der Waals surface area contributed by atoms with Gasteiger partial charge in [-0.15, -0.1) is 0 Å². The third-order valence-electron chi connectivity index (χ3n) is 0.917. The van der Waals surface area contributed by atoms with Crippen LogP contribution in [0.2, 0.25) is 0 Å². The first kappa shape index (κ1) is 20.0. The summed E-state index contributed by atoms with van der Waals surface area (Å²) in [4.78, 5) is 4.57. The van der Waals surface area contributed by atoms with Crippen LogP contribution in [0.1, 0.15) is 0 Å². The van der Waals surface area contributed by atoms with E-state index in [-0.39, 0.29) is 66.8 Å². The van der Waals surface area contributed by atoms with Gasteiger partial charge in [-0.05, 0) is 0 Å². The molecule has 1 aliphatic rings. The summed E-state index contributed by atoms with van der Waals surface area (Å²) in [6.07, 6.45) is 0. The van der Waals surface area contributed by atoms with Gasteiger partial charge in [0.1, 0.15) is 0 Å². The molecule has 5 heteroatoms. The van der Waals surface area contributed by atoms with Crippen LogP contribution < -0.4 is 24.8 Å². The molecular formula is C8H8As2Cl2Zr. The second-order valence-corrected chi connectivity index (χ2v) is 7.04. The van der Waals surface area contributed by atoms with Crippen molar-refractivity contribution in [3.8, 4) is 0 Å². The van der Waals surface area contributed by atoms with Crippen LogP contribution >= 0.6 is 0 Å². The summed E-state index contributed by atoms with van der Waals surface area (Å²) in [6.45, 7) is 0. The quantitative estimate of drug-likeness (QED) is 0.293. The van der Waals surface area contributed by atoms with Crippen molar-refractivity contribution in [1.29, 1.82) is 0 Å². The molecule has 0 aliphatic carbocycles. The van der Waals surface area contributed by atoms with E-state index in [0.717, 1.165) is 0 Å². The maximum atomic E-state index is 3.33. The summed E-state index contributed by atoms with van der Waals surface area (Å²) in [5.41, 5.74) is 0. The first-order valence-electron chi connectivity index (χ1n) is 3.02. The molecule has 0 N–H and O–H groups in total. The second kappa shape index (κ2) is 16.0.